The quantitative estimate of drug-likeness (QED) is 0.759. The van der Waals surface area contributed by atoms with Crippen LogP contribution in [0, 0.1) is 5.95 Å². The molecule has 1 aliphatic carbocycles. The number of nitrogens with zero attached hydrogens (tertiary/aromatic N) is 1. The van der Waals surface area contributed by atoms with Crippen molar-refractivity contribution in [2.75, 3.05) is 0 Å². The lowest BCUT2D eigenvalue weighted by Gasteiger charge is -2.23. The van der Waals surface area contributed by atoms with E-state index in [1.807, 2.05) is 0 Å². The molecule has 1 fully saturated rings. The molecule has 1 aromatic rings. The van der Waals surface area contributed by atoms with E-state index >= 15 is 0 Å². The highest BCUT2D eigenvalue weighted by Crippen LogP contribution is 2.40. The monoisotopic (exact) mass is 209 g/mol. The van der Waals surface area contributed by atoms with Gasteiger partial charge in [-0.3, -0.25) is 4.79 Å². The maximum Gasteiger partial charge on any atom is 0.314 e. The molecule has 3 nitrogen and oxygen atoms in total. The standard InChI is InChI=1S/C11H12FNO2/c12-9-4-3-8(7-13-9)11(10(14)15)5-1-2-6-11/h3-4,7H,1-2,5-6H2,(H,14,15). The van der Waals surface area contributed by atoms with Crippen molar-refractivity contribution >= 4 is 5.97 Å². The first kappa shape index (κ1) is 10.1. The molecule has 1 heterocycles. The molecule has 1 aromatic heterocycles. The van der Waals surface area contributed by atoms with Crippen LogP contribution in [0.15, 0.2) is 18.3 Å². The van der Waals surface area contributed by atoms with Gasteiger partial charge in [0.2, 0.25) is 5.95 Å². The molecular formula is C11H12FNO2. The summed E-state index contributed by atoms with van der Waals surface area (Å²) in [6.07, 6.45) is 4.40. The van der Waals surface area contributed by atoms with E-state index < -0.39 is 17.3 Å². The average molecular weight is 209 g/mol. The smallest absolute Gasteiger partial charge is 0.314 e. The second-order valence-corrected chi connectivity index (χ2v) is 3.96. The Morgan fingerprint density at radius 1 is 1.40 bits per heavy atom. The zero-order chi connectivity index (χ0) is 10.9. The Morgan fingerprint density at radius 3 is 2.53 bits per heavy atom. The maximum absolute atomic E-state index is 12.6. The first-order valence-corrected chi connectivity index (χ1v) is 5.00. The third-order valence-electron chi connectivity index (χ3n) is 3.15. The van der Waals surface area contributed by atoms with Gasteiger partial charge in [0.1, 0.15) is 0 Å². The molecule has 15 heavy (non-hydrogen) atoms. The molecule has 1 N–H and O–H groups in total. The van der Waals surface area contributed by atoms with Crippen molar-refractivity contribution in [1.29, 1.82) is 0 Å². The number of hydrogen-bond donors (Lipinski definition) is 1. The minimum atomic E-state index is -0.833. The summed E-state index contributed by atoms with van der Waals surface area (Å²) in [5.74, 6) is -1.40. The molecule has 0 amide bonds. The number of halogens is 1. The Labute approximate surface area is 87.0 Å². The number of rotatable bonds is 2. The number of carbonyl (C=O) groups is 1. The first-order valence-electron chi connectivity index (χ1n) is 5.00. The number of aliphatic carboxylic acids is 1. The predicted octanol–water partition coefficient (Wildman–Crippen LogP) is 2.12. The van der Waals surface area contributed by atoms with Gasteiger partial charge in [-0.25, -0.2) is 4.98 Å². The molecule has 0 aromatic carbocycles. The summed E-state index contributed by atoms with van der Waals surface area (Å²) in [4.78, 5) is 14.8. The van der Waals surface area contributed by atoms with Crippen LogP contribution < -0.4 is 0 Å². The van der Waals surface area contributed by atoms with E-state index in [4.69, 9.17) is 0 Å². The van der Waals surface area contributed by atoms with Crippen LogP contribution in [0.5, 0.6) is 0 Å². The van der Waals surface area contributed by atoms with E-state index in [0.717, 1.165) is 12.8 Å². The van der Waals surface area contributed by atoms with E-state index in [1.54, 1.807) is 0 Å². The number of pyridine rings is 1. The van der Waals surface area contributed by atoms with Crippen molar-refractivity contribution in [2.24, 2.45) is 0 Å². The van der Waals surface area contributed by atoms with Gasteiger partial charge in [-0.2, -0.15) is 4.39 Å². The van der Waals surface area contributed by atoms with Crippen LogP contribution in [0.3, 0.4) is 0 Å². The largest absolute Gasteiger partial charge is 0.481 e. The molecule has 2 rings (SSSR count). The fraction of sp³-hybridized carbons (Fsp3) is 0.455. The van der Waals surface area contributed by atoms with Gasteiger partial charge < -0.3 is 5.11 Å². The van der Waals surface area contributed by atoms with Crippen LogP contribution in [0.4, 0.5) is 4.39 Å². The normalized spacial score (nSPS) is 19.0. The van der Waals surface area contributed by atoms with E-state index in [-0.39, 0.29) is 0 Å². The molecule has 0 spiro atoms. The minimum Gasteiger partial charge on any atom is -0.481 e. The summed E-state index contributed by atoms with van der Waals surface area (Å²) in [7, 11) is 0. The molecule has 4 heteroatoms. The maximum atomic E-state index is 12.6. The molecule has 0 radical (unpaired) electrons. The molecule has 0 saturated heterocycles. The Morgan fingerprint density at radius 2 is 2.07 bits per heavy atom. The van der Waals surface area contributed by atoms with Crippen molar-refractivity contribution in [3.63, 3.8) is 0 Å². The lowest BCUT2D eigenvalue weighted by atomic mass is 9.80. The van der Waals surface area contributed by atoms with Gasteiger partial charge in [-0.05, 0) is 24.5 Å². The molecule has 1 aliphatic rings. The summed E-state index contributed by atoms with van der Waals surface area (Å²) in [6, 6.07) is 2.75. The van der Waals surface area contributed by atoms with E-state index in [2.05, 4.69) is 4.98 Å². The highest BCUT2D eigenvalue weighted by Gasteiger charge is 2.43. The molecule has 0 atom stereocenters. The second kappa shape index (κ2) is 3.61. The average Bonchev–Trinajstić information content (AvgIpc) is 2.69. The van der Waals surface area contributed by atoms with Gasteiger partial charge in [-0.1, -0.05) is 18.9 Å². The van der Waals surface area contributed by atoms with E-state index in [1.165, 1.54) is 18.3 Å². The fourth-order valence-corrected chi connectivity index (χ4v) is 2.26. The summed E-state index contributed by atoms with van der Waals surface area (Å²) in [6.45, 7) is 0. The lowest BCUT2D eigenvalue weighted by Crippen LogP contribution is -2.32. The van der Waals surface area contributed by atoms with Crippen LogP contribution in [0.2, 0.25) is 0 Å². The fourth-order valence-electron chi connectivity index (χ4n) is 2.26. The number of carboxylic acids is 1. The van der Waals surface area contributed by atoms with E-state index in [0.29, 0.717) is 18.4 Å². The first-order chi connectivity index (χ1) is 7.15. The number of carboxylic acid groups (broad SMARTS) is 1. The Balaban J connectivity index is 2.41. The number of hydrogen-bond acceptors (Lipinski definition) is 2. The molecule has 1 saturated carbocycles. The highest BCUT2D eigenvalue weighted by molar-refractivity contribution is 5.81. The topological polar surface area (TPSA) is 50.2 Å². The van der Waals surface area contributed by atoms with Crippen LogP contribution in [-0.2, 0) is 10.2 Å². The van der Waals surface area contributed by atoms with Gasteiger partial charge in [0.25, 0.3) is 0 Å². The molecular weight excluding hydrogens is 197 g/mol. The van der Waals surface area contributed by atoms with Crippen molar-refractivity contribution in [3.8, 4) is 0 Å². The zero-order valence-corrected chi connectivity index (χ0v) is 8.24. The van der Waals surface area contributed by atoms with Crippen LogP contribution in [0.1, 0.15) is 31.2 Å². The van der Waals surface area contributed by atoms with Crippen molar-refractivity contribution in [1.82, 2.24) is 4.98 Å². The van der Waals surface area contributed by atoms with Crippen molar-refractivity contribution in [2.45, 2.75) is 31.1 Å². The predicted molar refractivity (Wildman–Crippen MR) is 52.0 cm³/mol. The van der Waals surface area contributed by atoms with Crippen molar-refractivity contribution < 1.29 is 14.3 Å². The molecule has 80 valence electrons. The highest BCUT2D eigenvalue weighted by atomic mass is 19.1. The summed E-state index contributed by atoms with van der Waals surface area (Å²) < 4.78 is 12.6. The van der Waals surface area contributed by atoms with Crippen LogP contribution >= 0.6 is 0 Å². The SMILES string of the molecule is O=C(O)C1(c2ccc(F)nc2)CCCC1. The molecule has 0 bridgehead atoms. The Kier molecular flexibility index (Phi) is 2.42. The third kappa shape index (κ3) is 1.60. The van der Waals surface area contributed by atoms with E-state index in [9.17, 15) is 14.3 Å². The van der Waals surface area contributed by atoms with Gasteiger partial charge in [-0.15, -0.1) is 0 Å². The minimum absolute atomic E-state index is 0.572. The molecule has 0 aliphatic heterocycles. The Bertz CT molecular complexity index is 369. The summed E-state index contributed by atoms with van der Waals surface area (Å²) >= 11 is 0. The van der Waals surface area contributed by atoms with Crippen molar-refractivity contribution in [3.05, 3.63) is 29.8 Å². The Hall–Kier alpha value is -1.45. The van der Waals surface area contributed by atoms with Crippen LogP contribution in [0.25, 0.3) is 0 Å². The number of aromatic nitrogens is 1. The summed E-state index contributed by atoms with van der Waals surface area (Å²) in [5.41, 5.74) is -0.213. The van der Waals surface area contributed by atoms with Gasteiger partial charge in [0.15, 0.2) is 0 Å². The van der Waals surface area contributed by atoms with Gasteiger partial charge in [0, 0.05) is 6.20 Å². The second-order valence-electron chi connectivity index (χ2n) is 3.96. The lowest BCUT2D eigenvalue weighted by molar-refractivity contribution is -0.143. The summed E-state index contributed by atoms with van der Waals surface area (Å²) in [5, 5.41) is 9.26. The molecule has 0 unspecified atom stereocenters. The van der Waals surface area contributed by atoms with Gasteiger partial charge >= 0.3 is 5.97 Å². The third-order valence-corrected chi connectivity index (χ3v) is 3.15. The zero-order valence-electron chi connectivity index (χ0n) is 8.24. The van der Waals surface area contributed by atoms with Gasteiger partial charge in [0.05, 0.1) is 5.41 Å². The van der Waals surface area contributed by atoms with Crippen LogP contribution in [-0.4, -0.2) is 16.1 Å².